The summed E-state index contributed by atoms with van der Waals surface area (Å²) in [6, 6.07) is 8.98. The molecule has 1 aromatic heterocycles. The monoisotopic (exact) mass is 367 g/mol. The van der Waals surface area contributed by atoms with Gasteiger partial charge in [-0.1, -0.05) is 12.5 Å². The van der Waals surface area contributed by atoms with Gasteiger partial charge in [0.25, 0.3) is 0 Å². The Kier molecular flexibility index (Phi) is 5.21. The van der Waals surface area contributed by atoms with Gasteiger partial charge in [-0.05, 0) is 79.3 Å². The zero-order valence-corrected chi connectivity index (χ0v) is 16.4. The second-order valence-corrected chi connectivity index (χ2v) is 8.92. The summed E-state index contributed by atoms with van der Waals surface area (Å²) < 4.78 is 6.03. The average molecular weight is 368 g/mol. The van der Waals surface area contributed by atoms with Gasteiger partial charge >= 0.3 is 0 Å². The highest BCUT2D eigenvalue weighted by Crippen LogP contribution is 2.52. The molecular formula is C23H33N3O. The van der Waals surface area contributed by atoms with Crippen molar-refractivity contribution in [3.05, 3.63) is 36.0 Å². The lowest BCUT2D eigenvalue weighted by molar-refractivity contribution is 0.0967. The Labute approximate surface area is 162 Å². The number of aromatic amines is 1. The molecule has 1 aliphatic carbocycles. The Morgan fingerprint density at radius 3 is 2.70 bits per heavy atom. The number of aromatic nitrogens is 1. The molecule has 4 nitrogen and oxygen atoms in total. The second kappa shape index (κ2) is 7.94. The SMILES string of the molecule is c1cc2cc(CN3CC4C(COCCCN5CCCCC5)[C@H]4C3)ccc2[nH]1. The number of fused-ring (bicyclic) bond motifs is 2. The Morgan fingerprint density at radius 2 is 1.85 bits per heavy atom. The highest BCUT2D eigenvalue weighted by Gasteiger charge is 2.55. The van der Waals surface area contributed by atoms with E-state index < -0.39 is 0 Å². The zero-order chi connectivity index (χ0) is 18.1. The van der Waals surface area contributed by atoms with Gasteiger partial charge in [-0.15, -0.1) is 0 Å². The summed E-state index contributed by atoms with van der Waals surface area (Å²) in [5, 5.41) is 1.33. The minimum atomic E-state index is 0.836. The van der Waals surface area contributed by atoms with Gasteiger partial charge in [0.2, 0.25) is 0 Å². The standard InChI is InChI=1S/C23H33N3O/c1-2-9-25(10-3-1)11-4-12-27-17-22-20-15-26(16-21(20)22)14-18-5-6-23-19(13-18)7-8-24-23/h5-8,13,20-22,24H,1-4,9-12,14-17H2/t20-,21?,22?/m0/s1. The van der Waals surface area contributed by atoms with Crippen LogP contribution in [0.15, 0.2) is 30.5 Å². The first kappa shape index (κ1) is 17.7. The first-order chi connectivity index (χ1) is 13.4. The van der Waals surface area contributed by atoms with Crippen molar-refractivity contribution in [3.8, 4) is 0 Å². The lowest BCUT2D eigenvalue weighted by atomic mass is 10.1. The van der Waals surface area contributed by atoms with Gasteiger partial charge < -0.3 is 14.6 Å². The average Bonchev–Trinajstić information content (AvgIpc) is 3.05. The number of H-pyrrole nitrogens is 1. The maximum atomic E-state index is 6.03. The summed E-state index contributed by atoms with van der Waals surface area (Å²) in [4.78, 5) is 8.52. The first-order valence-electron chi connectivity index (χ1n) is 11.0. The van der Waals surface area contributed by atoms with Crippen LogP contribution < -0.4 is 0 Å². The molecule has 2 saturated heterocycles. The summed E-state index contributed by atoms with van der Waals surface area (Å²) in [7, 11) is 0. The van der Waals surface area contributed by atoms with Crippen molar-refractivity contribution < 1.29 is 4.74 Å². The summed E-state index contributed by atoms with van der Waals surface area (Å²) >= 11 is 0. The molecule has 0 bridgehead atoms. The van der Waals surface area contributed by atoms with Crippen LogP contribution in [-0.2, 0) is 11.3 Å². The third-order valence-electron chi connectivity index (χ3n) is 6.99. The predicted molar refractivity (Wildman–Crippen MR) is 110 cm³/mol. The van der Waals surface area contributed by atoms with Crippen molar-refractivity contribution in [2.24, 2.45) is 17.8 Å². The molecule has 2 aliphatic heterocycles. The zero-order valence-electron chi connectivity index (χ0n) is 16.4. The van der Waals surface area contributed by atoms with Gasteiger partial charge in [0.15, 0.2) is 0 Å². The van der Waals surface area contributed by atoms with E-state index in [4.69, 9.17) is 4.74 Å². The molecule has 27 heavy (non-hydrogen) atoms. The van der Waals surface area contributed by atoms with Crippen LogP contribution in [0.5, 0.6) is 0 Å². The van der Waals surface area contributed by atoms with Crippen LogP contribution >= 0.6 is 0 Å². The van der Waals surface area contributed by atoms with E-state index in [1.165, 1.54) is 74.9 Å². The highest BCUT2D eigenvalue weighted by molar-refractivity contribution is 5.79. The van der Waals surface area contributed by atoms with E-state index in [0.717, 1.165) is 37.5 Å². The van der Waals surface area contributed by atoms with Crippen molar-refractivity contribution in [3.63, 3.8) is 0 Å². The number of hydrogen-bond donors (Lipinski definition) is 1. The molecule has 1 saturated carbocycles. The van der Waals surface area contributed by atoms with E-state index in [1.54, 1.807) is 0 Å². The van der Waals surface area contributed by atoms with Crippen LogP contribution in [0.25, 0.3) is 10.9 Å². The van der Waals surface area contributed by atoms with Crippen LogP contribution in [0, 0.1) is 17.8 Å². The highest BCUT2D eigenvalue weighted by atomic mass is 16.5. The minimum Gasteiger partial charge on any atom is -0.381 e. The number of nitrogens with one attached hydrogen (secondary N) is 1. The lowest BCUT2D eigenvalue weighted by Gasteiger charge is -2.26. The number of nitrogens with zero attached hydrogens (tertiary/aromatic N) is 2. The normalized spacial score (nSPS) is 28.7. The van der Waals surface area contributed by atoms with Crippen molar-refractivity contribution in [1.82, 2.24) is 14.8 Å². The van der Waals surface area contributed by atoms with E-state index in [2.05, 4.69) is 39.0 Å². The number of ether oxygens (including phenoxy) is 1. The van der Waals surface area contributed by atoms with Crippen molar-refractivity contribution >= 4 is 10.9 Å². The van der Waals surface area contributed by atoms with Crippen LogP contribution in [0.4, 0.5) is 0 Å². The third-order valence-corrected chi connectivity index (χ3v) is 6.99. The molecule has 5 rings (SSSR count). The van der Waals surface area contributed by atoms with Crippen LogP contribution in [-0.4, -0.2) is 60.7 Å². The summed E-state index contributed by atoms with van der Waals surface area (Å²) in [5.74, 6) is 2.62. The lowest BCUT2D eigenvalue weighted by Crippen LogP contribution is -2.31. The summed E-state index contributed by atoms with van der Waals surface area (Å²) in [6.07, 6.45) is 7.44. The molecule has 3 aliphatic rings. The molecule has 0 amide bonds. The molecule has 2 aromatic rings. The number of hydrogen-bond acceptors (Lipinski definition) is 3. The molecule has 3 heterocycles. The maximum Gasteiger partial charge on any atom is 0.0500 e. The molecule has 1 N–H and O–H groups in total. The predicted octanol–water partition coefficient (Wildman–Crippen LogP) is 3.74. The van der Waals surface area contributed by atoms with Crippen LogP contribution in [0.3, 0.4) is 0 Å². The Balaban J connectivity index is 0.986. The molecule has 0 spiro atoms. The number of benzene rings is 1. The van der Waals surface area contributed by atoms with Gasteiger partial charge in [-0.2, -0.15) is 0 Å². The van der Waals surface area contributed by atoms with Crippen molar-refractivity contribution in [1.29, 1.82) is 0 Å². The van der Waals surface area contributed by atoms with Gasteiger partial charge in [0, 0.05) is 44.5 Å². The first-order valence-corrected chi connectivity index (χ1v) is 11.0. The van der Waals surface area contributed by atoms with E-state index >= 15 is 0 Å². The van der Waals surface area contributed by atoms with Crippen molar-refractivity contribution in [2.45, 2.75) is 32.2 Å². The smallest absolute Gasteiger partial charge is 0.0500 e. The Morgan fingerprint density at radius 1 is 1.00 bits per heavy atom. The molecule has 4 heteroatoms. The Hall–Kier alpha value is -1.36. The number of likely N-dealkylation sites (tertiary alicyclic amines) is 2. The quantitative estimate of drug-likeness (QED) is 0.721. The fourth-order valence-electron chi connectivity index (χ4n) is 5.37. The van der Waals surface area contributed by atoms with Gasteiger partial charge in [-0.25, -0.2) is 0 Å². The molecule has 146 valence electrons. The Bertz CT molecular complexity index is 739. The second-order valence-electron chi connectivity index (χ2n) is 8.92. The minimum absolute atomic E-state index is 0.836. The van der Waals surface area contributed by atoms with E-state index in [-0.39, 0.29) is 0 Å². The molecule has 0 radical (unpaired) electrons. The summed E-state index contributed by atoms with van der Waals surface area (Å²) in [5.41, 5.74) is 2.68. The van der Waals surface area contributed by atoms with E-state index in [9.17, 15) is 0 Å². The topological polar surface area (TPSA) is 31.5 Å². The van der Waals surface area contributed by atoms with Crippen molar-refractivity contribution in [2.75, 3.05) is 45.9 Å². The van der Waals surface area contributed by atoms with E-state index in [1.807, 2.05) is 6.20 Å². The van der Waals surface area contributed by atoms with Crippen LogP contribution in [0.1, 0.15) is 31.2 Å². The van der Waals surface area contributed by atoms with Gasteiger partial charge in [-0.3, -0.25) is 4.90 Å². The summed E-state index contributed by atoms with van der Waals surface area (Å²) in [6.45, 7) is 9.41. The molecule has 3 fully saturated rings. The van der Waals surface area contributed by atoms with Gasteiger partial charge in [0.1, 0.15) is 0 Å². The molecule has 3 atom stereocenters. The van der Waals surface area contributed by atoms with Gasteiger partial charge in [0.05, 0.1) is 6.61 Å². The maximum absolute atomic E-state index is 6.03. The number of piperidine rings is 2. The third kappa shape index (κ3) is 4.08. The fourth-order valence-corrected chi connectivity index (χ4v) is 5.37. The largest absolute Gasteiger partial charge is 0.381 e. The number of rotatable bonds is 8. The fraction of sp³-hybridized carbons (Fsp3) is 0.652. The molecule has 1 aromatic carbocycles. The van der Waals surface area contributed by atoms with E-state index in [0.29, 0.717) is 0 Å². The van der Waals surface area contributed by atoms with Crippen LogP contribution in [0.2, 0.25) is 0 Å². The molecular weight excluding hydrogens is 334 g/mol. The molecule has 2 unspecified atom stereocenters.